The Morgan fingerprint density at radius 1 is 1.21 bits per heavy atom. The molecule has 1 heterocycles. The summed E-state index contributed by atoms with van der Waals surface area (Å²) in [6.45, 7) is 0.953. The van der Waals surface area contributed by atoms with Crippen LogP contribution in [0, 0.1) is 0 Å². The number of hydrogen-bond donors (Lipinski definition) is 1. The first-order valence-electron chi connectivity index (χ1n) is 6.51. The molecule has 0 fully saturated rings. The third-order valence-corrected chi connectivity index (χ3v) is 3.28. The van der Waals surface area contributed by atoms with Crippen molar-refractivity contribution in [1.82, 2.24) is 0 Å². The highest BCUT2D eigenvalue weighted by Gasteiger charge is 2.76. The molecule has 0 saturated heterocycles. The largest absolute Gasteiger partial charge is 0.460 e. The van der Waals surface area contributed by atoms with Crippen molar-refractivity contribution in [3.63, 3.8) is 0 Å². The Bertz CT molecular complexity index is 685. The summed E-state index contributed by atoms with van der Waals surface area (Å²) in [6.07, 6.45) is -11.7. The zero-order valence-electron chi connectivity index (χ0n) is 12.3. The first-order valence-corrected chi connectivity index (χ1v) is 6.51. The average molecular weight is 351 g/mol. The Balaban J connectivity index is 2.80. The van der Waals surface area contributed by atoms with Crippen LogP contribution in [0.1, 0.15) is 12.5 Å². The molecule has 0 aromatic heterocycles. The number of carbonyl (C=O) groups is 1. The molecule has 1 N–H and O–H groups in total. The first-order chi connectivity index (χ1) is 10.9. The molecule has 0 bridgehead atoms. The Labute approximate surface area is 133 Å². The second kappa shape index (κ2) is 5.71. The number of alkyl halides is 6. The van der Waals surface area contributed by atoms with Crippen LogP contribution in [-0.4, -0.2) is 38.2 Å². The molecule has 1 aromatic carbocycles. The number of anilines is 1. The lowest BCUT2D eigenvalue weighted by molar-refractivity contribution is -0.369. The number of nitrogens with zero attached hydrogens (tertiary/aromatic N) is 1. The molecule has 1 aliphatic rings. The van der Waals surface area contributed by atoms with Crippen molar-refractivity contribution in [3.8, 4) is 0 Å². The van der Waals surface area contributed by atoms with Gasteiger partial charge in [-0.2, -0.15) is 26.3 Å². The lowest BCUT2D eigenvalue weighted by Crippen LogP contribution is -2.58. The van der Waals surface area contributed by atoms with Gasteiger partial charge in [-0.25, -0.2) is 4.99 Å². The van der Waals surface area contributed by atoms with Crippen LogP contribution in [0.2, 0.25) is 0 Å². The lowest BCUT2D eigenvalue weighted by Gasteiger charge is -2.40. The fraction of sp³-hybridized carbons (Fsp3) is 0.385. The van der Waals surface area contributed by atoms with Gasteiger partial charge in [-0.15, -0.1) is 0 Å². The Hall–Kier alpha value is -2.20. The molecule has 1 aromatic rings. The van der Waals surface area contributed by atoms with E-state index in [0.717, 1.165) is 13.0 Å². The minimum absolute atomic E-state index is 0.0180. The zero-order valence-corrected chi connectivity index (χ0v) is 12.3. The van der Waals surface area contributed by atoms with E-state index < -0.39 is 40.7 Å². The summed E-state index contributed by atoms with van der Waals surface area (Å²) < 4.78 is 85.2. The zero-order chi connectivity index (χ0) is 18.3. The molecule has 1 radical (unpaired) electrons. The molecule has 1 aliphatic heterocycles. The second-order valence-electron chi connectivity index (χ2n) is 4.97. The van der Waals surface area contributed by atoms with E-state index in [1.54, 1.807) is 0 Å². The van der Waals surface area contributed by atoms with Crippen molar-refractivity contribution in [2.45, 2.75) is 24.9 Å². The molecular weight excluding hydrogens is 341 g/mol. The average Bonchev–Trinajstić information content (AvgIpc) is 2.42. The summed E-state index contributed by atoms with van der Waals surface area (Å²) >= 11 is 0. The van der Waals surface area contributed by atoms with E-state index >= 15 is 0 Å². The van der Waals surface area contributed by atoms with Crippen molar-refractivity contribution >= 4 is 30.1 Å². The number of halogens is 6. The molecule has 0 atom stereocenters. The number of rotatable bonds is 3. The third kappa shape index (κ3) is 2.82. The van der Waals surface area contributed by atoms with Crippen LogP contribution in [0.15, 0.2) is 23.2 Å². The van der Waals surface area contributed by atoms with Gasteiger partial charge < -0.3 is 14.8 Å². The van der Waals surface area contributed by atoms with Gasteiger partial charge in [-0.1, -0.05) is 0 Å². The number of ether oxygens (including phenoxy) is 1. The van der Waals surface area contributed by atoms with E-state index in [0.29, 0.717) is 13.3 Å². The molecule has 0 saturated carbocycles. The fourth-order valence-corrected chi connectivity index (χ4v) is 2.24. The molecule has 0 spiro atoms. The van der Waals surface area contributed by atoms with E-state index in [2.05, 4.69) is 15.0 Å². The second-order valence-corrected chi connectivity index (χ2v) is 4.97. The minimum atomic E-state index is -5.84. The maximum Gasteiger partial charge on any atom is 0.442 e. The predicted octanol–water partition coefficient (Wildman–Crippen LogP) is 3.32. The van der Waals surface area contributed by atoms with Crippen LogP contribution in [-0.2, 0) is 15.1 Å². The van der Waals surface area contributed by atoms with Gasteiger partial charge in [-0.05, 0) is 25.1 Å². The Morgan fingerprint density at radius 3 is 2.25 bits per heavy atom. The van der Waals surface area contributed by atoms with E-state index in [1.807, 2.05) is 0 Å². The van der Waals surface area contributed by atoms with Gasteiger partial charge in [0.1, 0.15) is 5.80 Å². The van der Waals surface area contributed by atoms with Gasteiger partial charge in [0.2, 0.25) is 0 Å². The summed E-state index contributed by atoms with van der Waals surface area (Å²) in [6, 6.07) is 2.92. The molecule has 24 heavy (non-hydrogen) atoms. The highest BCUT2D eigenvalue weighted by molar-refractivity contribution is 6.96. The fourth-order valence-electron chi connectivity index (χ4n) is 2.24. The van der Waals surface area contributed by atoms with Crippen LogP contribution >= 0.6 is 0 Å². The lowest BCUT2D eigenvalue weighted by atomic mass is 9.72. The van der Waals surface area contributed by atoms with Crippen LogP contribution in [0.3, 0.4) is 0 Å². The molecule has 129 valence electrons. The Morgan fingerprint density at radius 2 is 1.79 bits per heavy atom. The molecule has 2 rings (SSSR count). The summed E-state index contributed by atoms with van der Waals surface area (Å²) in [7, 11) is 1.81. The van der Waals surface area contributed by atoms with Crippen molar-refractivity contribution in [2.24, 2.45) is 4.99 Å². The minimum Gasteiger partial charge on any atom is -0.460 e. The monoisotopic (exact) mass is 351 g/mol. The summed E-state index contributed by atoms with van der Waals surface area (Å²) in [5, 5.41) is 2.46. The third-order valence-electron chi connectivity index (χ3n) is 3.28. The van der Waals surface area contributed by atoms with E-state index in [4.69, 9.17) is 0 Å². The maximum absolute atomic E-state index is 13.5. The van der Waals surface area contributed by atoms with Crippen molar-refractivity contribution in [1.29, 1.82) is 0 Å². The van der Waals surface area contributed by atoms with Crippen molar-refractivity contribution < 1.29 is 35.9 Å². The van der Waals surface area contributed by atoms with E-state index in [9.17, 15) is 31.1 Å². The maximum atomic E-state index is 13.5. The van der Waals surface area contributed by atoms with Crippen LogP contribution in [0.5, 0.6) is 0 Å². The van der Waals surface area contributed by atoms with Gasteiger partial charge in [-0.3, -0.25) is 0 Å². The first kappa shape index (κ1) is 18.1. The number of aliphatic imine (C=N–C) groups is 1. The standard InChI is InChI=1S/C13H10BF6N2O2/c1-6(23)14-10-22-9-4-3-7(21-2)5-8(9)11(24-10,12(15,16)17)13(18,19)20/h3-5,21H,1-2H3. The highest BCUT2D eigenvalue weighted by Crippen LogP contribution is 2.57. The highest BCUT2D eigenvalue weighted by atomic mass is 19.4. The molecule has 0 unspecified atom stereocenters. The van der Waals surface area contributed by atoms with Gasteiger partial charge >= 0.3 is 25.2 Å². The number of nitrogens with one attached hydrogen (secondary N) is 1. The molecular formula is C13H10BF6N2O2. The van der Waals surface area contributed by atoms with Crippen molar-refractivity contribution in [3.05, 3.63) is 23.8 Å². The summed E-state index contributed by atoms with van der Waals surface area (Å²) in [5.41, 5.74) is -7.19. The van der Waals surface area contributed by atoms with Gasteiger partial charge in [0, 0.05) is 18.3 Å². The SMILES string of the molecule is CNc1ccc2c(c1)C(C(F)(F)F)(C(F)(F)F)OC([B]C(C)=O)=N2. The quantitative estimate of drug-likeness (QED) is 0.672. The topological polar surface area (TPSA) is 50.7 Å². The van der Waals surface area contributed by atoms with Crippen LogP contribution in [0.4, 0.5) is 37.7 Å². The van der Waals surface area contributed by atoms with Crippen molar-refractivity contribution in [2.75, 3.05) is 12.4 Å². The van der Waals surface area contributed by atoms with E-state index in [1.165, 1.54) is 13.1 Å². The number of benzene rings is 1. The predicted molar refractivity (Wildman–Crippen MR) is 74.4 cm³/mol. The van der Waals surface area contributed by atoms with Crippen LogP contribution in [0.25, 0.3) is 0 Å². The van der Waals surface area contributed by atoms with Gasteiger partial charge in [0.25, 0.3) is 0 Å². The van der Waals surface area contributed by atoms with Gasteiger partial charge in [0.15, 0.2) is 0 Å². The number of hydrogen-bond acceptors (Lipinski definition) is 4. The molecule has 4 nitrogen and oxygen atoms in total. The molecule has 11 heteroatoms. The smallest absolute Gasteiger partial charge is 0.442 e. The normalized spacial score (nSPS) is 16.6. The number of fused-ring (bicyclic) bond motifs is 1. The molecule has 0 aliphatic carbocycles. The summed E-state index contributed by atoms with van der Waals surface area (Å²) in [5.74, 6) is -1.05. The summed E-state index contributed by atoms with van der Waals surface area (Å²) in [4.78, 5) is 14.6. The Kier molecular flexibility index (Phi) is 4.32. The van der Waals surface area contributed by atoms with E-state index in [-0.39, 0.29) is 5.69 Å². The van der Waals surface area contributed by atoms with Crippen LogP contribution < -0.4 is 5.32 Å². The van der Waals surface area contributed by atoms with Gasteiger partial charge in [0.05, 0.1) is 11.4 Å². The number of carbonyl (C=O) groups excluding carboxylic acids is 1. The molecule has 0 amide bonds.